The summed E-state index contributed by atoms with van der Waals surface area (Å²) in [6, 6.07) is 9.60. The van der Waals surface area contributed by atoms with Gasteiger partial charge in [0.2, 0.25) is 0 Å². The first kappa shape index (κ1) is 14.3. The molecule has 0 aliphatic heterocycles. The number of nitrogens with one attached hydrogen (secondary N) is 2. The SMILES string of the molecule is Cc1cccc([C@@H](Cc2ccc(=O)[nH]n2)c2cnc[nH]2)c1C. The third kappa shape index (κ3) is 2.83. The second kappa shape index (κ2) is 5.97. The van der Waals surface area contributed by atoms with E-state index in [1.807, 2.05) is 6.20 Å². The molecule has 22 heavy (non-hydrogen) atoms. The number of hydrogen-bond donors (Lipinski definition) is 2. The van der Waals surface area contributed by atoms with Crippen molar-refractivity contribution in [1.82, 2.24) is 20.2 Å². The van der Waals surface area contributed by atoms with Crippen molar-refractivity contribution >= 4 is 0 Å². The van der Waals surface area contributed by atoms with Crippen molar-refractivity contribution in [3.63, 3.8) is 0 Å². The lowest BCUT2D eigenvalue weighted by atomic mass is 9.87. The van der Waals surface area contributed by atoms with Crippen molar-refractivity contribution in [3.8, 4) is 0 Å². The molecule has 0 aliphatic rings. The van der Waals surface area contributed by atoms with Crippen LogP contribution in [0.1, 0.15) is 34.0 Å². The van der Waals surface area contributed by atoms with E-state index in [4.69, 9.17) is 0 Å². The van der Waals surface area contributed by atoms with Gasteiger partial charge in [0.1, 0.15) is 0 Å². The highest BCUT2D eigenvalue weighted by atomic mass is 16.1. The minimum atomic E-state index is -0.187. The average Bonchev–Trinajstić information content (AvgIpc) is 3.04. The Bertz CT molecular complexity index is 800. The molecule has 2 aromatic heterocycles. The van der Waals surface area contributed by atoms with E-state index in [2.05, 4.69) is 52.2 Å². The molecule has 0 unspecified atom stereocenters. The van der Waals surface area contributed by atoms with E-state index in [-0.39, 0.29) is 11.5 Å². The van der Waals surface area contributed by atoms with Crippen molar-refractivity contribution < 1.29 is 0 Å². The molecule has 0 saturated heterocycles. The van der Waals surface area contributed by atoms with Crippen molar-refractivity contribution in [3.05, 3.63) is 81.3 Å². The molecule has 0 amide bonds. The van der Waals surface area contributed by atoms with Crippen LogP contribution in [-0.2, 0) is 6.42 Å². The molecule has 5 heteroatoms. The van der Waals surface area contributed by atoms with Crippen LogP contribution in [0, 0.1) is 13.8 Å². The lowest BCUT2D eigenvalue weighted by Gasteiger charge is -2.19. The van der Waals surface area contributed by atoms with Crippen molar-refractivity contribution in [2.24, 2.45) is 0 Å². The summed E-state index contributed by atoms with van der Waals surface area (Å²) >= 11 is 0. The molecule has 2 N–H and O–H groups in total. The third-order valence-electron chi connectivity index (χ3n) is 4.07. The predicted octanol–water partition coefficient (Wildman–Crippen LogP) is 2.48. The first-order valence-electron chi connectivity index (χ1n) is 7.24. The molecule has 112 valence electrons. The van der Waals surface area contributed by atoms with Gasteiger partial charge in [-0.2, -0.15) is 5.10 Å². The Balaban J connectivity index is 2.03. The molecule has 0 saturated carbocycles. The van der Waals surface area contributed by atoms with E-state index < -0.39 is 0 Å². The van der Waals surface area contributed by atoms with Gasteiger partial charge in [0.25, 0.3) is 5.56 Å². The van der Waals surface area contributed by atoms with E-state index in [0.717, 1.165) is 11.4 Å². The first-order chi connectivity index (χ1) is 10.6. The third-order valence-corrected chi connectivity index (χ3v) is 4.07. The Morgan fingerprint density at radius 3 is 2.73 bits per heavy atom. The Morgan fingerprint density at radius 1 is 1.18 bits per heavy atom. The summed E-state index contributed by atoms with van der Waals surface area (Å²) in [4.78, 5) is 18.5. The second-order valence-electron chi connectivity index (χ2n) is 5.47. The van der Waals surface area contributed by atoms with E-state index in [1.165, 1.54) is 22.8 Å². The van der Waals surface area contributed by atoms with Gasteiger partial charge in [-0.3, -0.25) is 4.79 Å². The molecule has 0 aliphatic carbocycles. The van der Waals surface area contributed by atoms with E-state index in [9.17, 15) is 4.79 Å². The van der Waals surface area contributed by atoms with Gasteiger partial charge in [0.15, 0.2) is 0 Å². The molecule has 1 atom stereocenters. The fourth-order valence-electron chi connectivity index (χ4n) is 2.69. The van der Waals surface area contributed by atoms with E-state index in [1.54, 1.807) is 12.4 Å². The molecule has 2 heterocycles. The van der Waals surface area contributed by atoms with E-state index >= 15 is 0 Å². The van der Waals surface area contributed by atoms with Gasteiger partial charge in [0, 0.05) is 30.3 Å². The highest BCUT2D eigenvalue weighted by Crippen LogP contribution is 2.29. The minimum Gasteiger partial charge on any atom is -0.348 e. The van der Waals surface area contributed by atoms with Crippen LogP contribution in [0.15, 0.2) is 47.7 Å². The molecule has 0 spiro atoms. The zero-order valence-corrected chi connectivity index (χ0v) is 12.6. The maximum atomic E-state index is 11.2. The van der Waals surface area contributed by atoms with Crippen LogP contribution in [-0.4, -0.2) is 20.2 Å². The number of hydrogen-bond acceptors (Lipinski definition) is 3. The topological polar surface area (TPSA) is 74.4 Å². The summed E-state index contributed by atoms with van der Waals surface area (Å²) < 4.78 is 0. The smallest absolute Gasteiger partial charge is 0.264 e. The zero-order chi connectivity index (χ0) is 15.5. The number of imidazole rings is 1. The van der Waals surface area contributed by atoms with Gasteiger partial charge < -0.3 is 4.98 Å². The lowest BCUT2D eigenvalue weighted by Crippen LogP contribution is -2.12. The molecular formula is C17H18N4O. The van der Waals surface area contributed by atoms with Crippen LogP contribution < -0.4 is 5.56 Å². The van der Waals surface area contributed by atoms with Gasteiger partial charge in [-0.15, -0.1) is 0 Å². The number of H-pyrrole nitrogens is 2. The first-order valence-corrected chi connectivity index (χ1v) is 7.24. The molecule has 1 aromatic carbocycles. The van der Waals surface area contributed by atoms with Gasteiger partial charge in [-0.25, -0.2) is 10.1 Å². The van der Waals surface area contributed by atoms with Crippen molar-refractivity contribution in [1.29, 1.82) is 0 Å². The van der Waals surface area contributed by atoms with Crippen LogP contribution in [0.4, 0.5) is 0 Å². The number of aryl methyl sites for hydroxylation is 1. The highest BCUT2D eigenvalue weighted by molar-refractivity contribution is 5.39. The van der Waals surface area contributed by atoms with Crippen LogP contribution in [0.25, 0.3) is 0 Å². The number of aromatic amines is 2. The molecule has 5 nitrogen and oxygen atoms in total. The standard InChI is InChI=1S/C17H18N4O/c1-11-4-3-5-14(12(11)2)15(16-9-18-10-19-16)8-13-6-7-17(22)21-20-13/h3-7,9-10,15H,8H2,1-2H3,(H,18,19)(H,21,22)/t15-/m1/s1. The highest BCUT2D eigenvalue weighted by Gasteiger charge is 2.19. The Morgan fingerprint density at radius 2 is 2.05 bits per heavy atom. The van der Waals surface area contributed by atoms with Gasteiger partial charge >= 0.3 is 0 Å². The Labute approximate surface area is 128 Å². The van der Waals surface area contributed by atoms with Crippen LogP contribution in [0.3, 0.4) is 0 Å². The maximum absolute atomic E-state index is 11.2. The number of nitrogens with zero attached hydrogens (tertiary/aromatic N) is 2. The molecule has 0 bridgehead atoms. The monoisotopic (exact) mass is 294 g/mol. The van der Waals surface area contributed by atoms with E-state index in [0.29, 0.717) is 6.42 Å². The fourth-order valence-corrected chi connectivity index (χ4v) is 2.69. The average molecular weight is 294 g/mol. The molecule has 0 radical (unpaired) electrons. The summed E-state index contributed by atoms with van der Waals surface area (Å²) in [6.45, 7) is 4.25. The zero-order valence-electron chi connectivity index (χ0n) is 12.6. The maximum Gasteiger partial charge on any atom is 0.264 e. The summed E-state index contributed by atoms with van der Waals surface area (Å²) in [7, 11) is 0. The van der Waals surface area contributed by atoms with Crippen molar-refractivity contribution in [2.75, 3.05) is 0 Å². The predicted molar refractivity (Wildman–Crippen MR) is 84.9 cm³/mol. The molecule has 3 aromatic rings. The molecular weight excluding hydrogens is 276 g/mol. The summed E-state index contributed by atoms with van der Waals surface area (Å²) in [5.74, 6) is 0.126. The fraction of sp³-hybridized carbons (Fsp3) is 0.235. The van der Waals surface area contributed by atoms with Crippen molar-refractivity contribution in [2.45, 2.75) is 26.2 Å². The lowest BCUT2D eigenvalue weighted by molar-refractivity contribution is 0.735. The van der Waals surface area contributed by atoms with Crippen LogP contribution >= 0.6 is 0 Å². The van der Waals surface area contributed by atoms with Gasteiger partial charge in [-0.1, -0.05) is 18.2 Å². The quantitative estimate of drug-likeness (QED) is 0.776. The Hall–Kier alpha value is -2.69. The number of aromatic nitrogens is 4. The molecule has 3 rings (SSSR count). The second-order valence-corrected chi connectivity index (χ2v) is 5.47. The minimum absolute atomic E-state index is 0.126. The normalized spacial score (nSPS) is 12.3. The molecule has 0 fully saturated rings. The van der Waals surface area contributed by atoms with Crippen LogP contribution in [0.5, 0.6) is 0 Å². The Kier molecular flexibility index (Phi) is 3.87. The van der Waals surface area contributed by atoms with Gasteiger partial charge in [-0.05, 0) is 36.6 Å². The summed E-state index contributed by atoms with van der Waals surface area (Å²) in [5, 5.41) is 6.63. The number of rotatable bonds is 4. The van der Waals surface area contributed by atoms with Gasteiger partial charge in [0.05, 0.1) is 12.0 Å². The largest absolute Gasteiger partial charge is 0.348 e. The summed E-state index contributed by atoms with van der Waals surface area (Å²) in [6.07, 6.45) is 4.23. The summed E-state index contributed by atoms with van der Waals surface area (Å²) in [5.41, 5.74) is 5.48. The number of benzene rings is 1. The van der Waals surface area contributed by atoms with Crippen LogP contribution in [0.2, 0.25) is 0 Å².